The van der Waals surface area contributed by atoms with E-state index in [0.29, 0.717) is 12.3 Å². The van der Waals surface area contributed by atoms with E-state index in [2.05, 4.69) is 40.4 Å². The number of benzene rings is 1. The second-order valence-corrected chi connectivity index (χ2v) is 7.14. The SMILES string of the molecule is CC(C)C[C@H](N[C@@H](c1ccc(Br)cc1)c1ccco1)C(=O)NCC#N. The summed E-state index contributed by atoms with van der Waals surface area (Å²) in [6.07, 6.45) is 2.28. The summed E-state index contributed by atoms with van der Waals surface area (Å²) in [7, 11) is 0. The molecule has 25 heavy (non-hydrogen) atoms. The Hall–Kier alpha value is -2.10. The number of hydrogen-bond donors (Lipinski definition) is 2. The van der Waals surface area contributed by atoms with Crippen LogP contribution >= 0.6 is 15.9 Å². The molecule has 1 aromatic carbocycles. The Morgan fingerprint density at radius 3 is 2.56 bits per heavy atom. The molecule has 132 valence electrons. The van der Waals surface area contributed by atoms with E-state index in [0.717, 1.165) is 15.8 Å². The smallest absolute Gasteiger partial charge is 0.237 e. The molecule has 5 nitrogen and oxygen atoms in total. The van der Waals surface area contributed by atoms with Crippen molar-refractivity contribution in [2.24, 2.45) is 5.92 Å². The second-order valence-electron chi connectivity index (χ2n) is 6.22. The van der Waals surface area contributed by atoms with Crippen molar-refractivity contribution in [3.63, 3.8) is 0 Å². The van der Waals surface area contributed by atoms with Crippen molar-refractivity contribution in [3.8, 4) is 6.07 Å². The summed E-state index contributed by atoms with van der Waals surface area (Å²) in [5.74, 6) is 0.889. The normalized spacial score (nSPS) is 13.2. The Morgan fingerprint density at radius 1 is 1.28 bits per heavy atom. The third-order valence-electron chi connectivity index (χ3n) is 3.76. The number of rotatable bonds is 8. The fourth-order valence-electron chi connectivity index (χ4n) is 2.63. The molecule has 0 bridgehead atoms. The van der Waals surface area contributed by atoms with Gasteiger partial charge in [-0.05, 0) is 42.2 Å². The van der Waals surface area contributed by atoms with Crippen LogP contribution < -0.4 is 10.6 Å². The van der Waals surface area contributed by atoms with Crippen LogP contribution in [0.2, 0.25) is 0 Å². The van der Waals surface area contributed by atoms with Crippen LogP contribution in [0.5, 0.6) is 0 Å². The minimum absolute atomic E-state index is 0.00118. The van der Waals surface area contributed by atoms with Gasteiger partial charge in [-0.25, -0.2) is 0 Å². The molecule has 2 N–H and O–H groups in total. The van der Waals surface area contributed by atoms with Crippen LogP contribution in [-0.2, 0) is 4.79 Å². The fourth-order valence-corrected chi connectivity index (χ4v) is 2.89. The molecule has 0 radical (unpaired) electrons. The lowest BCUT2D eigenvalue weighted by Gasteiger charge is -2.25. The maximum atomic E-state index is 12.5. The van der Waals surface area contributed by atoms with E-state index >= 15 is 0 Å². The zero-order valence-corrected chi connectivity index (χ0v) is 15.9. The average Bonchev–Trinajstić information content (AvgIpc) is 3.11. The molecule has 0 aliphatic carbocycles. The van der Waals surface area contributed by atoms with Gasteiger partial charge in [-0.3, -0.25) is 10.1 Å². The first-order valence-corrected chi connectivity index (χ1v) is 9.00. The van der Waals surface area contributed by atoms with Gasteiger partial charge < -0.3 is 9.73 Å². The maximum Gasteiger partial charge on any atom is 0.237 e. The van der Waals surface area contributed by atoms with E-state index in [9.17, 15) is 4.79 Å². The molecule has 1 amide bonds. The Kier molecular flexibility index (Phi) is 7.23. The summed E-state index contributed by atoms with van der Waals surface area (Å²) < 4.78 is 6.57. The van der Waals surface area contributed by atoms with Gasteiger partial charge in [0, 0.05) is 4.47 Å². The average molecular weight is 404 g/mol. The third kappa shape index (κ3) is 5.73. The van der Waals surface area contributed by atoms with Crippen molar-refractivity contribution in [2.45, 2.75) is 32.4 Å². The van der Waals surface area contributed by atoms with Crippen molar-refractivity contribution in [1.29, 1.82) is 5.26 Å². The highest BCUT2D eigenvalue weighted by Gasteiger charge is 2.26. The summed E-state index contributed by atoms with van der Waals surface area (Å²) in [5.41, 5.74) is 1.000. The monoisotopic (exact) mass is 403 g/mol. The number of carbonyl (C=O) groups excluding carboxylic acids is 1. The first-order chi connectivity index (χ1) is 12.0. The Labute approximate surface area is 156 Å². The predicted octanol–water partition coefficient (Wildman–Crippen LogP) is 3.78. The quantitative estimate of drug-likeness (QED) is 0.657. The van der Waals surface area contributed by atoms with Gasteiger partial charge in [-0.1, -0.05) is 41.9 Å². The van der Waals surface area contributed by atoms with Crippen LogP contribution in [0.1, 0.15) is 37.6 Å². The van der Waals surface area contributed by atoms with Gasteiger partial charge >= 0.3 is 0 Å². The van der Waals surface area contributed by atoms with Gasteiger partial charge in [0.2, 0.25) is 5.91 Å². The molecular formula is C19H22BrN3O2. The molecule has 0 aliphatic heterocycles. The van der Waals surface area contributed by atoms with Gasteiger partial charge in [-0.15, -0.1) is 0 Å². The summed E-state index contributed by atoms with van der Waals surface area (Å²) in [5, 5.41) is 14.8. The van der Waals surface area contributed by atoms with Crippen molar-refractivity contribution < 1.29 is 9.21 Å². The van der Waals surface area contributed by atoms with E-state index < -0.39 is 6.04 Å². The van der Waals surface area contributed by atoms with E-state index in [1.165, 1.54) is 0 Å². The van der Waals surface area contributed by atoms with Crippen molar-refractivity contribution in [2.75, 3.05) is 6.54 Å². The van der Waals surface area contributed by atoms with Crippen molar-refractivity contribution in [1.82, 2.24) is 10.6 Å². The zero-order valence-electron chi connectivity index (χ0n) is 14.3. The van der Waals surface area contributed by atoms with E-state index in [1.54, 1.807) is 6.26 Å². The lowest BCUT2D eigenvalue weighted by molar-refractivity contribution is -0.123. The van der Waals surface area contributed by atoms with E-state index in [4.69, 9.17) is 9.68 Å². The molecule has 0 saturated carbocycles. The lowest BCUT2D eigenvalue weighted by Crippen LogP contribution is -2.46. The molecule has 0 spiro atoms. The Balaban J connectivity index is 2.27. The number of hydrogen-bond acceptors (Lipinski definition) is 4. The highest BCUT2D eigenvalue weighted by atomic mass is 79.9. The number of nitriles is 1. The molecule has 0 aliphatic rings. The summed E-state index contributed by atoms with van der Waals surface area (Å²) in [6, 6.07) is 12.9. The molecule has 6 heteroatoms. The topological polar surface area (TPSA) is 78.1 Å². The van der Waals surface area contributed by atoms with E-state index in [1.807, 2.05) is 42.5 Å². The summed E-state index contributed by atoms with van der Waals surface area (Å²) in [4.78, 5) is 12.5. The first kappa shape index (κ1) is 19.2. The number of nitrogens with one attached hydrogen (secondary N) is 2. The van der Waals surface area contributed by atoms with Gasteiger partial charge in [0.05, 0.1) is 24.4 Å². The highest BCUT2D eigenvalue weighted by Crippen LogP contribution is 2.25. The van der Waals surface area contributed by atoms with Crippen LogP contribution in [0.15, 0.2) is 51.6 Å². The number of halogens is 1. The minimum Gasteiger partial charge on any atom is -0.467 e. The predicted molar refractivity (Wildman–Crippen MR) is 99.7 cm³/mol. The fraction of sp³-hybridized carbons (Fsp3) is 0.368. The van der Waals surface area contributed by atoms with Crippen LogP contribution in [-0.4, -0.2) is 18.5 Å². The van der Waals surface area contributed by atoms with Crippen molar-refractivity contribution in [3.05, 3.63) is 58.5 Å². The van der Waals surface area contributed by atoms with Crippen LogP contribution in [0.25, 0.3) is 0 Å². The Morgan fingerprint density at radius 2 is 2.00 bits per heavy atom. The molecule has 0 fully saturated rings. The third-order valence-corrected chi connectivity index (χ3v) is 4.29. The Bertz CT molecular complexity index is 705. The van der Waals surface area contributed by atoms with E-state index in [-0.39, 0.29) is 18.5 Å². The van der Waals surface area contributed by atoms with Crippen LogP contribution in [0, 0.1) is 17.2 Å². The molecular weight excluding hydrogens is 382 g/mol. The molecule has 1 aromatic heterocycles. The zero-order chi connectivity index (χ0) is 18.2. The highest BCUT2D eigenvalue weighted by molar-refractivity contribution is 9.10. The number of furan rings is 1. The van der Waals surface area contributed by atoms with Gasteiger partial charge in [-0.2, -0.15) is 5.26 Å². The standard InChI is InChI=1S/C19H22BrN3O2/c1-13(2)12-16(19(24)22-10-9-21)23-18(17-4-3-11-25-17)14-5-7-15(20)8-6-14/h3-8,11,13,16,18,23H,10,12H2,1-2H3,(H,22,24)/t16-,18-/m0/s1. The molecule has 2 rings (SSSR count). The van der Waals surface area contributed by atoms with Crippen molar-refractivity contribution >= 4 is 21.8 Å². The number of nitrogens with zero attached hydrogens (tertiary/aromatic N) is 1. The lowest BCUT2D eigenvalue weighted by atomic mass is 9.98. The van der Waals surface area contributed by atoms with Gasteiger partial charge in [0.25, 0.3) is 0 Å². The summed E-state index contributed by atoms with van der Waals surface area (Å²) >= 11 is 3.44. The number of carbonyl (C=O) groups is 1. The minimum atomic E-state index is -0.424. The van der Waals surface area contributed by atoms with Crippen LogP contribution in [0.3, 0.4) is 0 Å². The molecule has 0 unspecified atom stereocenters. The summed E-state index contributed by atoms with van der Waals surface area (Å²) in [6.45, 7) is 4.13. The van der Waals surface area contributed by atoms with Crippen LogP contribution in [0.4, 0.5) is 0 Å². The first-order valence-electron chi connectivity index (χ1n) is 8.20. The maximum absolute atomic E-state index is 12.5. The number of amides is 1. The second kappa shape index (κ2) is 9.40. The molecule has 2 aromatic rings. The van der Waals surface area contributed by atoms with Gasteiger partial charge in [0.15, 0.2) is 0 Å². The van der Waals surface area contributed by atoms with Gasteiger partial charge in [0.1, 0.15) is 12.3 Å². The largest absolute Gasteiger partial charge is 0.467 e. The molecule has 0 saturated heterocycles. The molecule has 2 atom stereocenters. The molecule has 1 heterocycles.